The zero-order chi connectivity index (χ0) is 21.7. The minimum absolute atomic E-state index is 0.0853. The summed E-state index contributed by atoms with van der Waals surface area (Å²) in [5, 5.41) is 2.54. The Morgan fingerprint density at radius 3 is 2.57 bits per heavy atom. The molecular formula is C21H25FN2O5S. The molecule has 2 aromatic rings. The summed E-state index contributed by atoms with van der Waals surface area (Å²) >= 11 is 0. The number of carbonyl (C=O) groups is 1. The van der Waals surface area contributed by atoms with Crippen molar-refractivity contribution >= 4 is 21.8 Å². The highest BCUT2D eigenvalue weighted by atomic mass is 32.2. The molecule has 3 rings (SSSR count). The van der Waals surface area contributed by atoms with Crippen LogP contribution >= 0.6 is 0 Å². The van der Waals surface area contributed by atoms with Gasteiger partial charge in [-0.3, -0.25) is 5.32 Å². The molecule has 7 nitrogen and oxygen atoms in total. The highest BCUT2D eigenvalue weighted by Gasteiger charge is 2.30. The first kappa shape index (κ1) is 22.0. The van der Waals surface area contributed by atoms with E-state index in [9.17, 15) is 17.6 Å². The Labute approximate surface area is 175 Å². The van der Waals surface area contributed by atoms with E-state index in [2.05, 4.69) is 10.0 Å². The number of rotatable bonds is 6. The second-order valence-corrected chi connectivity index (χ2v) is 8.98. The minimum atomic E-state index is -3.80. The predicted molar refractivity (Wildman–Crippen MR) is 111 cm³/mol. The smallest absolute Gasteiger partial charge is 0.411 e. The van der Waals surface area contributed by atoms with E-state index in [1.807, 2.05) is 6.92 Å². The Hall–Kier alpha value is -2.65. The van der Waals surface area contributed by atoms with Crippen LogP contribution < -0.4 is 14.8 Å². The molecule has 0 unspecified atom stereocenters. The summed E-state index contributed by atoms with van der Waals surface area (Å²) in [5.74, 6) is -0.128. The summed E-state index contributed by atoms with van der Waals surface area (Å²) in [7, 11) is -2.37. The number of hydrogen-bond donors (Lipinski definition) is 2. The minimum Gasteiger partial charge on any atom is -0.495 e. The molecule has 0 bridgehead atoms. The van der Waals surface area contributed by atoms with Crippen LogP contribution in [-0.4, -0.2) is 33.8 Å². The van der Waals surface area contributed by atoms with E-state index in [0.29, 0.717) is 31.4 Å². The second kappa shape index (κ2) is 9.44. The van der Waals surface area contributed by atoms with Gasteiger partial charge in [0.2, 0.25) is 10.0 Å². The number of methoxy groups -OCH3 is 1. The van der Waals surface area contributed by atoms with E-state index < -0.39 is 28.0 Å². The van der Waals surface area contributed by atoms with Crippen molar-refractivity contribution in [2.45, 2.75) is 49.6 Å². The fraction of sp³-hybridized carbons (Fsp3) is 0.381. The first-order chi connectivity index (χ1) is 14.3. The maximum atomic E-state index is 13.0. The number of anilines is 1. The van der Waals surface area contributed by atoms with Crippen LogP contribution in [0.1, 0.15) is 31.2 Å². The third-order valence-corrected chi connectivity index (χ3v) is 6.46. The molecule has 1 aliphatic carbocycles. The van der Waals surface area contributed by atoms with Crippen molar-refractivity contribution in [3.63, 3.8) is 0 Å². The molecule has 9 heteroatoms. The first-order valence-electron chi connectivity index (χ1n) is 9.67. The quantitative estimate of drug-likeness (QED) is 0.714. The summed E-state index contributed by atoms with van der Waals surface area (Å²) in [6.45, 7) is 1.81. The number of hydrogen-bond acceptors (Lipinski definition) is 5. The van der Waals surface area contributed by atoms with Crippen molar-refractivity contribution < 1.29 is 27.1 Å². The Kier molecular flexibility index (Phi) is 6.94. The van der Waals surface area contributed by atoms with Crippen LogP contribution in [0.15, 0.2) is 47.4 Å². The van der Waals surface area contributed by atoms with Crippen molar-refractivity contribution in [2.75, 3.05) is 12.4 Å². The molecular weight excluding hydrogens is 411 g/mol. The number of ether oxygens (including phenoxy) is 2. The molecule has 2 N–H and O–H groups in total. The molecule has 0 aliphatic heterocycles. The maximum absolute atomic E-state index is 13.0. The monoisotopic (exact) mass is 436 g/mol. The van der Waals surface area contributed by atoms with Gasteiger partial charge in [0, 0.05) is 18.2 Å². The van der Waals surface area contributed by atoms with Gasteiger partial charge in [0.05, 0.1) is 7.11 Å². The topological polar surface area (TPSA) is 93.7 Å². The highest BCUT2D eigenvalue weighted by Crippen LogP contribution is 2.27. The van der Waals surface area contributed by atoms with Crippen molar-refractivity contribution in [1.29, 1.82) is 0 Å². The van der Waals surface area contributed by atoms with E-state index in [0.717, 1.165) is 5.56 Å². The lowest BCUT2D eigenvalue weighted by Crippen LogP contribution is -2.41. The molecule has 0 heterocycles. The Morgan fingerprint density at radius 1 is 1.13 bits per heavy atom. The molecule has 2 atom stereocenters. The molecule has 0 aromatic heterocycles. The van der Waals surface area contributed by atoms with Crippen molar-refractivity contribution in [1.82, 2.24) is 4.72 Å². The Bertz CT molecular complexity index is 995. The highest BCUT2D eigenvalue weighted by molar-refractivity contribution is 7.89. The summed E-state index contributed by atoms with van der Waals surface area (Å²) in [4.78, 5) is 12.2. The van der Waals surface area contributed by atoms with Crippen LogP contribution in [0.3, 0.4) is 0 Å². The average Bonchev–Trinajstić information content (AvgIpc) is 2.69. The van der Waals surface area contributed by atoms with Gasteiger partial charge in [-0.2, -0.15) is 0 Å². The lowest BCUT2D eigenvalue weighted by molar-refractivity contribution is 0.0793. The summed E-state index contributed by atoms with van der Waals surface area (Å²) in [6, 6.07) is 9.94. The van der Waals surface area contributed by atoms with Crippen LogP contribution in [0.5, 0.6) is 5.75 Å². The van der Waals surface area contributed by atoms with Crippen LogP contribution in [0.4, 0.5) is 14.9 Å². The molecule has 0 saturated heterocycles. The largest absolute Gasteiger partial charge is 0.495 e. The summed E-state index contributed by atoms with van der Waals surface area (Å²) in [6.07, 6.45) is 1.29. The number of nitrogens with one attached hydrogen (secondary N) is 2. The SMILES string of the molecule is COc1ccc(C)cc1S(=O)(=O)N[C@@H]1CCC[C@H](OC(=O)Nc2ccc(F)cc2)C1. The lowest BCUT2D eigenvalue weighted by atomic mass is 9.94. The fourth-order valence-corrected chi connectivity index (χ4v) is 5.00. The van der Waals surface area contributed by atoms with Gasteiger partial charge in [-0.25, -0.2) is 22.3 Å². The van der Waals surface area contributed by atoms with E-state index >= 15 is 0 Å². The van der Waals surface area contributed by atoms with Gasteiger partial charge in [-0.1, -0.05) is 6.07 Å². The normalized spacial score (nSPS) is 19.2. The average molecular weight is 437 g/mol. The van der Waals surface area contributed by atoms with Crippen LogP contribution in [-0.2, 0) is 14.8 Å². The Balaban J connectivity index is 1.61. The van der Waals surface area contributed by atoms with E-state index in [1.165, 1.54) is 31.4 Å². The van der Waals surface area contributed by atoms with E-state index in [-0.39, 0.29) is 16.7 Å². The molecule has 0 radical (unpaired) electrons. The van der Waals surface area contributed by atoms with Gasteiger partial charge in [0.1, 0.15) is 22.6 Å². The standard InChI is InChI=1S/C21H25FN2O5S/c1-14-6-11-19(28-2)20(12-14)30(26,27)24-17-4-3-5-18(13-17)29-21(25)23-16-9-7-15(22)8-10-16/h6-12,17-18,24H,3-5,13H2,1-2H3,(H,23,25)/t17-,18+/m1/s1. The third-order valence-electron chi connectivity index (χ3n) is 4.92. The Morgan fingerprint density at radius 2 is 1.87 bits per heavy atom. The molecule has 162 valence electrons. The molecule has 0 spiro atoms. The number of carbonyl (C=O) groups excluding carboxylic acids is 1. The fourth-order valence-electron chi connectivity index (χ4n) is 3.47. The number of sulfonamides is 1. The predicted octanol–water partition coefficient (Wildman–Crippen LogP) is 3.98. The van der Waals surface area contributed by atoms with Gasteiger partial charge in [0.15, 0.2) is 0 Å². The van der Waals surface area contributed by atoms with Crippen molar-refractivity contribution in [3.05, 3.63) is 53.8 Å². The van der Waals surface area contributed by atoms with Gasteiger partial charge in [0.25, 0.3) is 0 Å². The molecule has 1 fully saturated rings. The van der Waals surface area contributed by atoms with Crippen LogP contribution in [0.2, 0.25) is 0 Å². The zero-order valence-electron chi connectivity index (χ0n) is 16.9. The van der Waals surface area contributed by atoms with Gasteiger partial charge in [-0.15, -0.1) is 0 Å². The molecule has 1 aliphatic rings. The van der Waals surface area contributed by atoms with E-state index in [1.54, 1.807) is 18.2 Å². The third kappa shape index (κ3) is 5.70. The van der Waals surface area contributed by atoms with Crippen LogP contribution in [0, 0.1) is 12.7 Å². The summed E-state index contributed by atoms with van der Waals surface area (Å²) < 4.78 is 52.1. The van der Waals surface area contributed by atoms with Crippen molar-refractivity contribution in [2.24, 2.45) is 0 Å². The molecule has 1 saturated carbocycles. The number of aryl methyl sites for hydroxylation is 1. The van der Waals surface area contributed by atoms with Crippen LogP contribution in [0.25, 0.3) is 0 Å². The molecule has 1 amide bonds. The second-order valence-electron chi connectivity index (χ2n) is 7.30. The lowest BCUT2D eigenvalue weighted by Gasteiger charge is -2.29. The number of benzene rings is 2. The maximum Gasteiger partial charge on any atom is 0.411 e. The van der Waals surface area contributed by atoms with Gasteiger partial charge in [-0.05, 0) is 68.1 Å². The zero-order valence-corrected chi connectivity index (χ0v) is 17.7. The molecule has 30 heavy (non-hydrogen) atoms. The molecule has 2 aromatic carbocycles. The number of halogens is 1. The summed E-state index contributed by atoms with van der Waals surface area (Å²) in [5.41, 5.74) is 1.22. The van der Waals surface area contributed by atoms with Gasteiger partial charge < -0.3 is 9.47 Å². The first-order valence-corrected chi connectivity index (χ1v) is 11.2. The van der Waals surface area contributed by atoms with E-state index in [4.69, 9.17) is 9.47 Å². The number of amides is 1. The van der Waals surface area contributed by atoms with Gasteiger partial charge >= 0.3 is 6.09 Å². The van der Waals surface area contributed by atoms with Crippen molar-refractivity contribution in [3.8, 4) is 5.75 Å².